The van der Waals surface area contributed by atoms with Crippen molar-refractivity contribution in [2.75, 3.05) is 9.80 Å². The van der Waals surface area contributed by atoms with Crippen LogP contribution in [0, 0.1) is 0 Å². The maximum Gasteiger partial charge on any atom is 0.0468 e. The second-order valence-corrected chi connectivity index (χ2v) is 26.9. The van der Waals surface area contributed by atoms with Gasteiger partial charge in [0.2, 0.25) is 0 Å². The van der Waals surface area contributed by atoms with Gasteiger partial charge in [-0.05, 0) is 231 Å². The monoisotopic (exact) mass is 1060 g/mol. The highest BCUT2D eigenvalue weighted by Gasteiger charge is 2.44. The van der Waals surface area contributed by atoms with Crippen LogP contribution in [0.4, 0.5) is 34.1 Å². The third-order valence-electron chi connectivity index (χ3n) is 20.1. The van der Waals surface area contributed by atoms with E-state index in [-0.39, 0.29) is 33.5 Å². The molecule has 0 heterocycles. The summed E-state index contributed by atoms with van der Waals surface area (Å²) in [5, 5.41) is 5.29. The summed E-state index contributed by atoms with van der Waals surface area (Å²) < 4.78 is 0. The third kappa shape index (κ3) is 7.00. The second-order valence-electron chi connectivity index (χ2n) is 26.9. The minimum atomic E-state index is -0.192. The Labute approximate surface area is 485 Å². The molecule has 0 aliphatic heterocycles. The topological polar surface area (TPSA) is 6.48 Å². The van der Waals surface area contributed by atoms with E-state index in [0.717, 1.165) is 22.7 Å². The summed E-state index contributed by atoms with van der Waals surface area (Å²) in [6.07, 6.45) is 0. The number of rotatable bonds is 8. The van der Waals surface area contributed by atoms with E-state index in [1.54, 1.807) is 0 Å². The summed E-state index contributed by atoms with van der Waals surface area (Å²) in [5.74, 6) is 0.531. The summed E-state index contributed by atoms with van der Waals surface area (Å²) in [4.78, 5) is 4.98. The third-order valence-corrected chi connectivity index (χ3v) is 20.1. The minimum absolute atomic E-state index is 0.0591. The molecule has 0 N–H and O–H groups in total. The Balaban J connectivity index is 0.855. The first kappa shape index (κ1) is 50.5. The maximum atomic E-state index is 2.53. The van der Waals surface area contributed by atoms with Crippen LogP contribution in [0.3, 0.4) is 0 Å². The Hall–Kier alpha value is -8.46. The lowest BCUT2D eigenvalue weighted by Gasteiger charge is -2.30. The normalized spacial score (nSPS) is 15.7. The molecular weight excluding hydrogens is 989 g/mol. The number of anilines is 6. The van der Waals surface area contributed by atoms with E-state index in [2.05, 4.69) is 299 Å². The lowest BCUT2D eigenvalue weighted by atomic mass is 9.79. The first-order chi connectivity index (χ1) is 39.3. The van der Waals surface area contributed by atoms with Crippen molar-refractivity contribution in [3.05, 3.63) is 262 Å². The fourth-order valence-corrected chi connectivity index (χ4v) is 16.0. The van der Waals surface area contributed by atoms with Gasteiger partial charge < -0.3 is 9.80 Å². The molecule has 0 radical (unpaired) electrons. The van der Waals surface area contributed by atoms with Crippen LogP contribution >= 0.6 is 0 Å². The van der Waals surface area contributed by atoms with Gasteiger partial charge >= 0.3 is 0 Å². The van der Waals surface area contributed by atoms with Crippen LogP contribution in [-0.4, -0.2) is 0 Å². The lowest BCUT2D eigenvalue weighted by molar-refractivity contribution is 0.652. The van der Waals surface area contributed by atoms with Crippen molar-refractivity contribution < 1.29 is 0 Å². The van der Waals surface area contributed by atoms with Gasteiger partial charge in [-0.15, -0.1) is 0 Å². The van der Waals surface area contributed by atoms with Crippen LogP contribution < -0.4 is 9.80 Å². The average molecular weight is 1060 g/mol. The van der Waals surface area contributed by atoms with Crippen LogP contribution in [0.15, 0.2) is 206 Å². The number of hydrogen-bond acceptors (Lipinski definition) is 2. The molecule has 0 aromatic heterocycles. The molecule has 2 nitrogen and oxygen atoms in total. The van der Waals surface area contributed by atoms with Crippen molar-refractivity contribution in [1.29, 1.82) is 0 Å². The number of para-hydroxylation sites is 2. The Kier molecular flexibility index (Phi) is 10.8. The molecule has 0 saturated carbocycles. The highest BCUT2D eigenvalue weighted by atomic mass is 15.1. The molecule has 4 aliphatic carbocycles. The molecule has 4 aliphatic rings. The molecular formula is C80H72N2. The smallest absolute Gasteiger partial charge is 0.0468 e. The summed E-state index contributed by atoms with van der Waals surface area (Å²) in [6.45, 7) is 28.8. The summed E-state index contributed by atoms with van der Waals surface area (Å²) in [7, 11) is 0. The lowest BCUT2D eigenvalue weighted by Crippen LogP contribution is -2.17. The van der Waals surface area contributed by atoms with Gasteiger partial charge in [-0.2, -0.15) is 0 Å². The highest BCUT2D eigenvalue weighted by molar-refractivity contribution is 6.09. The molecule has 402 valence electrons. The first-order valence-electron chi connectivity index (χ1n) is 30.0. The van der Waals surface area contributed by atoms with E-state index in [9.17, 15) is 0 Å². The molecule has 0 spiro atoms. The van der Waals surface area contributed by atoms with Crippen LogP contribution in [0.5, 0.6) is 0 Å². The zero-order chi connectivity index (χ0) is 56.5. The second kappa shape index (κ2) is 17.5. The van der Waals surface area contributed by atoms with Gasteiger partial charge in [0.05, 0.1) is 0 Å². The molecule has 11 aromatic rings. The van der Waals surface area contributed by atoms with Crippen LogP contribution in [0.2, 0.25) is 0 Å². The Bertz CT molecular complexity index is 4220. The maximum absolute atomic E-state index is 2.53. The minimum Gasteiger partial charge on any atom is -0.310 e. The summed E-state index contributed by atoms with van der Waals surface area (Å²) in [6, 6.07) is 79.3. The Morgan fingerprint density at radius 2 is 0.512 bits per heavy atom. The van der Waals surface area contributed by atoms with Crippen molar-refractivity contribution in [1.82, 2.24) is 0 Å². The number of hydrogen-bond donors (Lipinski definition) is 0. The molecule has 2 heteroatoms. The zero-order valence-corrected chi connectivity index (χ0v) is 49.7. The summed E-state index contributed by atoms with van der Waals surface area (Å²) >= 11 is 0. The van der Waals surface area contributed by atoms with Crippen molar-refractivity contribution in [2.45, 2.75) is 117 Å². The van der Waals surface area contributed by atoms with Gasteiger partial charge in [-0.25, -0.2) is 0 Å². The quantitative estimate of drug-likeness (QED) is 0.140. The Morgan fingerprint density at radius 3 is 0.866 bits per heavy atom. The van der Waals surface area contributed by atoms with Gasteiger partial charge in [-0.1, -0.05) is 192 Å². The van der Waals surface area contributed by atoms with Crippen LogP contribution in [-0.2, 0) is 21.7 Å². The standard InChI is InChI=1S/C80H72N2/c1-47(2)75-59-37-33-52(82(50-25-17-14-18-26-50)54-32-36-58-64-46-72-62(44-74(64)80(11,12)70(58)42-54)56-28-20-22-30-68(56)78(72,7)8)40-66(59)76(48(3)4)60-38-34-51(39-65(60)75)81(49-23-15-13-16-24-49)53-31-35-57-63-45-71-61(43-73(63)79(9,10)69(57)41-53)55-27-19-21-29-67(55)77(71,5)6/h13-48H,1-12H3. The molecule has 0 atom stereocenters. The molecule has 0 bridgehead atoms. The fourth-order valence-electron chi connectivity index (χ4n) is 16.0. The van der Waals surface area contributed by atoms with Crippen LogP contribution in [0.25, 0.3) is 66.1 Å². The van der Waals surface area contributed by atoms with Crippen molar-refractivity contribution in [2.24, 2.45) is 0 Å². The highest BCUT2D eigenvalue weighted by Crippen LogP contribution is 2.59. The zero-order valence-electron chi connectivity index (χ0n) is 49.7. The van der Waals surface area contributed by atoms with Crippen molar-refractivity contribution in [3.63, 3.8) is 0 Å². The average Bonchev–Trinajstić information content (AvgIpc) is 1.75. The van der Waals surface area contributed by atoms with Crippen molar-refractivity contribution >= 4 is 55.7 Å². The number of benzene rings is 11. The van der Waals surface area contributed by atoms with E-state index in [0.29, 0.717) is 0 Å². The molecule has 82 heavy (non-hydrogen) atoms. The van der Waals surface area contributed by atoms with Gasteiger partial charge in [0.1, 0.15) is 0 Å². The van der Waals surface area contributed by atoms with E-state index in [1.807, 2.05) is 0 Å². The molecule has 0 amide bonds. The summed E-state index contributed by atoms with van der Waals surface area (Å²) in [5.41, 5.74) is 31.4. The van der Waals surface area contributed by atoms with E-state index < -0.39 is 0 Å². The largest absolute Gasteiger partial charge is 0.310 e. The van der Waals surface area contributed by atoms with Gasteiger partial charge in [-0.3, -0.25) is 0 Å². The number of fused-ring (bicyclic) bond motifs is 14. The Morgan fingerprint density at radius 1 is 0.232 bits per heavy atom. The number of nitrogens with zero attached hydrogens (tertiary/aromatic N) is 2. The van der Waals surface area contributed by atoms with Crippen molar-refractivity contribution in [3.8, 4) is 44.5 Å². The van der Waals surface area contributed by atoms with E-state index in [1.165, 1.54) is 133 Å². The van der Waals surface area contributed by atoms with E-state index >= 15 is 0 Å². The predicted molar refractivity (Wildman–Crippen MR) is 349 cm³/mol. The van der Waals surface area contributed by atoms with E-state index in [4.69, 9.17) is 0 Å². The fraction of sp³-hybridized carbons (Fsp3) is 0.225. The van der Waals surface area contributed by atoms with Gasteiger partial charge in [0.25, 0.3) is 0 Å². The van der Waals surface area contributed by atoms with Crippen LogP contribution in [0.1, 0.15) is 151 Å². The SMILES string of the molecule is CC(C)c1c2ccc(N(c3ccccc3)c3ccc4c(c3)C(C)(C)c3cc5c(cc3-4)C(C)(C)c3ccccc3-5)cc2c(C(C)C)c2ccc(N(c3ccccc3)c3ccc4c(c3)C(C)(C)c3cc5c(cc3-4)C(C)(C)c3ccccc3-5)cc12. The molecule has 15 rings (SSSR count). The predicted octanol–water partition coefficient (Wildman–Crippen LogP) is 22.4. The van der Waals surface area contributed by atoms with Gasteiger partial charge in [0.15, 0.2) is 0 Å². The molecule has 0 saturated heterocycles. The molecule has 0 unspecified atom stereocenters. The molecule has 11 aromatic carbocycles. The van der Waals surface area contributed by atoms with Gasteiger partial charge in [0, 0.05) is 55.8 Å². The first-order valence-corrected chi connectivity index (χ1v) is 30.0. The molecule has 0 fully saturated rings.